The van der Waals surface area contributed by atoms with Gasteiger partial charge in [-0.1, -0.05) is 6.07 Å². The van der Waals surface area contributed by atoms with Crippen LogP contribution in [0.3, 0.4) is 0 Å². The number of nitrogens with zero attached hydrogens (tertiary/aromatic N) is 1. The number of benzene rings is 1. The van der Waals surface area contributed by atoms with E-state index in [1.54, 1.807) is 36.5 Å². The van der Waals surface area contributed by atoms with Crippen LogP contribution in [0.1, 0.15) is 12.8 Å². The molecule has 0 atom stereocenters. The zero-order valence-corrected chi connectivity index (χ0v) is 11.5. The lowest BCUT2D eigenvalue weighted by molar-refractivity contribution is -0.123. The van der Waals surface area contributed by atoms with Crippen molar-refractivity contribution >= 4 is 5.91 Å². The molecule has 21 heavy (non-hydrogen) atoms. The fourth-order valence-electron chi connectivity index (χ4n) is 1.78. The maximum absolute atomic E-state index is 11.5. The third-order valence-electron chi connectivity index (χ3n) is 3.00. The molecular weight excluding hydrogens is 268 g/mol. The van der Waals surface area contributed by atoms with Gasteiger partial charge in [-0.2, -0.15) is 0 Å². The summed E-state index contributed by atoms with van der Waals surface area (Å²) < 4.78 is 11.0. The highest BCUT2D eigenvalue weighted by Gasteiger charge is 2.23. The summed E-state index contributed by atoms with van der Waals surface area (Å²) in [6, 6.07) is 12.9. The summed E-state index contributed by atoms with van der Waals surface area (Å²) in [4.78, 5) is 15.6. The van der Waals surface area contributed by atoms with Crippen LogP contribution < -0.4 is 14.8 Å². The van der Waals surface area contributed by atoms with Gasteiger partial charge in [-0.3, -0.25) is 4.79 Å². The molecule has 1 saturated carbocycles. The van der Waals surface area contributed by atoms with Crippen LogP contribution in [0.5, 0.6) is 17.4 Å². The lowest BCUT2D eigenvalue weighted by Crippen LogP contribution is -2.30. The van der Waals surface area contributed by atoms with Gasteiger partial charge >= 0.3 is 0 Å². The Hall–Kier alpha value is -2.56. The Morgan fingerprint density at radius 2 is 1.90 bits per heavy atom. The predicted molar refractivity (Wildman–Crippen MR) is 77.4 cm³/mol. The van der Waals surface area contributed by atoms with E-state index in [0.717, 1.165) is 12.8 Å². The number of rotatable bonds is 6. The highest BCUT2D eigenvalue weighted by Crippen LogP contribution is 2.22. The maximum atomic E-state index is 11.5. The van der Waals surface area contributed by atoms with E-state index in [2.05, 4.69) is 10.3 Å². The summed E-state index contributed by atoms with van der Waals surface area (Å²) in [6.45, 7) is 0.0386. The van der Waals surface area contributed by atoms with E-state index in [4.69, 9.17) is 9.47 Å². The van der Waals surface area contributed by atoms with Gasteiger partial charge in [-0.05, 0) is 43.2 Å². The largest absolute Gasteiger partial charge is 0.484 e. The summed E-state index contributed by atoms with van der Waals surface area (Å²) >= 11 is 0. The molecule has 0 bridgehead atoms. The molecule has 0 saturated heterocycles. The highest BCUT2D eigenvalue weighted by atomic mass is 16.5. The van der Waals surface area contributed by atoms with Crippen molar-refractivity contribution in [1.82, 2.24) is 10.3 Å². The van der Waals surface area contributed by atoms with Gasteiger partial charge in [0.1, 0.15) is 11.5 Å². The molecule has 0 spiro atoms. The van der Waals surface area contributed by atoms with E-state index in [1.165, 1.54) is 0 Å². The minimum atomic E-state index is -0.0775. The number of amides is 1. The summed E-state index contributed by atoms with van der Waals surface area (Å²) in [7, 11) is 0. The van der Waals surface area contributed by atoms with Gasteiger partial charge in [0.2, 0.25) is 5.88 Å². The summed E-state index contributed by atoms with van der Waals surface area (Å²) in [5.74, 6) is 1.76. The molecule has 5 heteroatoms. The van der Waals surface area contributed by atoms with Crippen molar-refractivity contribution in [2.45, 2.75) is 18.9 Å². The van der Waals surface area contributed by atoms with E-state index < -0.39 is 0 Å². The third kappa shape index (κ3) is 4.21. The zero-order valence-electron chi connectivity index (χ0n) is 11.5. The van der Waals surface area contributed by atoms with Crippen molar-refractivity contribution < 1.29 is 14.3 Å². The number of ether oxygens (including phenoxy) is 2. The molecule has 1 aromatic carbocycles. The fraction of sp³-hybridized carbons (Fsp3) is 0.250. The minimum absolute atomic E-state index is 0.0386. The van der Waals surface area contributed by atoms with Crippen molar-refractivity contribution in [3.05, 3.63) is 48.7 Å². The van der Waals surface area contributed by atoms with Crippen LogP contribution >= 0.6 is 0 Å². The molecule has 0 aliphatic heterocycles. The van der Waals surface area contributed by atoms with Crippen molar-refractivity contribution in [3.8, 4) is 17.4 Å². The number of pyridine rings is 1. The molecule has 1 amide bonds. The predicted octanol–water partition coefficient (Wildman–Crippen LogP) is 2.53. The Labute approximate surface area is 122 Å². The molecule has 1 aliphatic rings. The maximum Gasteiger partial charge on any atom is 0.258 e. The van der Waals surface area contributed by atoms with Crippen molar-refractivity contribution in [1.29, 1.82) is 0 Å². The Morgan fingerprint density at radius 1 is 1.14 bits per heavy atom. The van der Waals surface area contributed by atoms with Crippen LogP contribution in [0.25, 0.3) is 0 Å². The second kappa shape index (κ2) is 6.26. The third-order valence-corrected chi connectivity index (χ3v) is 3.00. The number of hydrogen-bond acceptors (Lipinski definition) is 4. The van der Waals surface area contributed by atoms with Gasteiger partial charge < -0.3 is 14.8 Å². The zero-order chi connectivity index (χ0) is 14.5. The van der Waals surface area contributed by atoms with Gasteiger partial charge in [-0.15, -0.1) is 0 Å². The van der Waals surface area contributed by atoms with Crippen LogP contribution in [-0.4, -0.2) is 23.5 Å². The average molecular weight is 284 g/mol. The quantitative estimate of drug-likeness (QED) is 0.885. The number of carbonyl (C=O) groups excluding carboxylic acids is 1. The SMILES string of the molecule is O=C(COc1ccc(Oc2ccccn2)cc1)NC1CC1. The van der Waals surface area contributed by atoms with Crippen LogP contribution in [0, 0.1) is 0 Å². The number of carbonyl (C=O) groups is 1. The first kappa shape index (κ1) is 13.4. The fourth-order valence-corrected chi connectivity index (χ4v) is 1.78. The lowest BCUT2D eigenvalue weighted by atomic mass is 10.3. The Kier molecular flexibility index (Phi) is 4.00. The number of nitrogens with one attached hydrogen (secondary N) is 1. The van der Waals surface area contributed by atoms with Crippen LogP contribution in [0.4, 0.5) is 0 Å². The van der Waals surface area contributed by atoms with Crippen LogP contribution in [-0.2, 0) is 4.79 Å². The van der Waals surface area contributed by atoms with Gasteiger partial charge in [0, 0.05) is 18.3 Å². The van der Waals surface area contributed by atoms with E-state index in [9.17, 15) is 4.79 Å². The van der Waals surface area contributed by atoms with Crippen LogP contribution in [0.15, 0.2) is 48.7 Å². The van der Waals surface area contributed by atoms with Crippen molar-refractivity contribution in [3.63, 3.8) is 0 Å². The van der Waals surface area contributed by atoms with E-state index in [0.29, 0.717) is 23.4 Å². The van der Waals surface area contributed by atoms with Gasteiger partial charge in [-0.25, -0.2) is 4.98 Å². The van der Waals surface area contributed by atoms with E-state index >= 15 is 0 Å². The Bertz CT molecular complexity index is 595. The number of hydrogen-bond donors (Lipinski definition) is 1. The first-order valence-corrected chi connectivity index (χ1v) is 6.91. The molecular formula is C16H16N2O3. The first-order chi connectivity index (χ1) is 10.3. The Balaban J connectivity index is 1.50. The van der Waals surface area contributed by atoms with Crippen molar-refractivity contribution in [2.75, 3.05) is 6.61 Å². The minimum Gasteiger partial charge on any atom is -0.484 e. The first-order valence-electron chi connectivity index (χ1n) is 6.91. The molecule has 108 valence electrons. The monoisotopic (exact) mass is 284 g/mol. The van der Waals surface area contributed by atoms with E-state index in [-0.39, 0.29) is 12.5 Å². The molecule has 1 aromatic heterocycles. The summed E-state index contributed by atoms with van der Waals surface area (Å²) in [5.41, 5.74) is 0. The summed E-state index contributed by atoms with van der Waals surface area (Å²) in [6.07, 6.45) is 3.82. The number of aromatic nitrogens is 1. The standard InChI is InChI=1S/C16H16N2O3/c19-15(18-12-4-5-12)11-20-13-6-8-14(9-7-13)21-16-3-1-2-10-17-16/h1-3,6-10,12H,4-5,11H2,(H,18,19). The molecule has 5 nitrogen and oxygen atoms in total. The van der Waals surface area contributed by atoms with E-state index in [1.807, 2.05) is 12.1 Å². The molecule has 2 aromatic rings. The lowest BCUT2D eigenvalue weighted by Gasteiger charge is -2.08. The van der Waals surface area contributed by atoms with Crippen LogP contribution in [0.2, 0.25) is 0 Å². The normalized spacial score (nSPS) is 13.5. The molecule has 0 radical (unpaired) electrons. The average Bonchev–Trinajstić information content (AvgIpc) is 3.32. The second-order valence-corrected chi connectivity index (χ2v) is 4.87. The van der Waals surface area contributed by atoms with Crippen molar-refractivity contribution in [2.24, 2.45) is 0 Å². The van der Waals surface area contributed by atoms with Gasteiger partial charge in [0.25, 0.3) is 5.91 Å². The molecule has 1 N–H and O–H groups in total. The smallest absolute Gasteiger partial charge is 0.258 e. The Morgan fingerprint density at radius 3 is 2.57 bits per heavy atom. The highest BCUT2D eigenvalue weighted by molar-refractivity contribution is 5.78. The molecule has 1 heterocycles. The molecule has 0 unspecified atom stereocenters. The molecule has 1 fully saturated rings. The topological polar surface area (TPSA) is 60.5 Å². The summed E-state index contributed by atoms with van der Waals surface area (Å²) in [5, 5.41) is 2.87. The van der Waals surface area contributed by atoms with Gasteiger partial charge in [0.05, 0.1) is 0 Å². The molecule has 3 rings (SSSR count). The molecule has 1 aliphatic carbocycles. The van der Waals surface area contributed by atoms with Gasteiger partial charge in [0.15, 0.2) is 6.61 Å². The second-order valence-electron chi connectivity index (χ2n) is 4.87.